The summed E-state index contributed by atoms with van der Waals surface area (Å²) in [5.41, 5.74) is 5.40. The molecule has 6 heteroatoms. The van der Waals surface area contributed by atoms with Crippen molar-refractivity contribution in [3.05, 3.63) is 76.5 Å². The molecular weight excluding hydrogens is 358 g/mol. The number of amides is 1. The number of hydrogen-bond acceptors (Lipinski definition) is 4. The summed E-state index contributed by atoms with van der Waals surface area (Å²) in [4.78, 5) is 12.0. The van der Waals surface area contributed by atoms with Crippen LogP contribution in [0.3, 0.4) is 0 Å². The van der Waals surface area contributed by atoms with Crippen molar-refractivity contribution in [2.75, 3.05) is 11.1 Å². The van der Waals surface area contributed by atoms with Gasteiger partial charge in [0.2, 0.25) is 5.91 Å². The van der Waals surface area contributed by atoms with Gasteiger partial charge in [0.05, 0.1) is 11.0 Å². The van der Waals surface area contributed by atoms with Crippen LogP contribution in [0.2, 0.25) is 0 Å². The SMILES string of the molecule is Cc1ccccc1COc1ccccc1[C@H]1SCC(=O)Nc2n[nH]c(C)c21. The number of ether oxygens (including phenoxy) is 1. The number of rotatable bonds is 4. The van der Waals surface area contributed by atoms with E-state index in [1.54, 1.807) is 11.8 Å². The van der Waals surface area contributed by atoms with Crippen LogP contribution in [-0.4, -0.2) is 21.9 Å². The lowest BCUT2D eigenvalue weighted by Gasteiger charge is -2.19. The Labute approximate surface area is 162 Å². The Bertz CT molecular complexity index is 983. The summed E-state index contributed by atoms with van der Waals surface area (Å²) < 4.78 is 6.21. The molecule has 0 fully saturated rings. The van der Waals surface area contributed by atoms with E-state index in [1.165, 1.54) is 5.56 Å². The van der Waals surface area contributed by atoms with E-state index in [-0.39, 0.29) is 11.2 Å². The predicted octanol–water partition coefficient (Wildman–Crippen LogP) is 4.38. The quantitative estimate of drug-likeness (QED) is 0.706. The Balaban J connectivity index is 1.68. The number of benzene rings is 2. The highest BCUT2D eigenvalue weighted by molar-refractivity contribution is 8.00. The van der Waals surface area contributed by atoms with E-state index in [0.717, 1.165) is 28.1 Å². The zero-order valence-corrected chi connectivity index (χ0v) is 16.1. The number of nitrogens with zero attached hydrogens (tertiary/aromatic N) is 1. The minimum absolute atomic E-state index is 0.0224. The molecule has 0 radical (unpaired) electrons. The summed E-state index contributed by atoms with van der Waals surface area (Å²) >= 11 is 1.59. The number of anilines is 1. The number of thioether (sulfide) groups is 1. The Morgan fingerprint density at radius 1 is 1.15 bits per heavy atom. The second-order valence-corrected chi connectivity index (χ2v) is 7.70. The number of carbonyl (C=O) groups is 1. The third-order valence-electron chi connectivity index (χ3n) is 4.74. The summed E-state index contributed by atoms with van der Waals surface area (Å²) in [6, 6.07) is 16.3. The molecule has 1 aliphatic heterocycles. The molecule has 1 amide bonds. The molecule has 0 saturated carbocycles. The third-order valence-corrected chi connectivity index (χ3v) is 5.99. The Kier molecular flexibility index (Phi) is 4.90. The molecule has 3 aromatic rings. The highest BCUT2D eigenvalue weighted by Crippen LogP contribution is 2.45. The summed E-state index contributed by atoms with van der Waals surface area (Å²) in [5.74, 6) is 1.79. The normalized spacial score (nSPS) is 16.4. The van der Waals surface area contributed by atoms with Crippen LogP contribution in [0.25, 0.3) is 0 Å². The first-order valence-electron chi connectivity index (χ1n) is 8.86. The van der Waals surface area contributed by atoms with Gasteiger partial charge in [0.25, 0.3) is 0 Å². The molecule has 0 bridgehead atoms. The lowest BCUT2D eigenvalue weighted by atomic mass is 10.0. The van der Waals surface area contributed by atoms with Crippen molar-refractivity contribution in [3.63, 3.8) is 0 Å². The van der Waals surface area contributed by atoms with Gasteiger partial charge in [-0.1, -0.05) is 42.5 Å². The van der Waals surface area contributed by atoms with E-state index in [2.05, 4.69) is 40.6 Å². The Morgan fingerprint density at radius 2 is 1.93 bits per heavy atom. The number of fused-ring (bicyclic) bond motifs is 1. The van der Waals surface area contributed by atoms with Crippen molar-refractivity contribution >= 4 is 23.5 Å². The third kappa shape index (κ3) is 3.57. The fraction of sp³-hybridized carbons (Fsp3) is 0.238. The molecule has 2 heterocycles. The maximum absolute atomic E-state index is 12.0. The summed E-state index contributed by atoms with van der Waals surface area (Å²) in [5, 5.41) is 10.1. The van der Waals surface area contributed by atoms with Crippen molar-refractivity contribution < 1.29 is 9.53 Å². The molecule has 4 rings (SSSR count). The zero-order chi connectivity index (χ0) is 18.8. The Morgan fingerprint density at radius 3 is 2.78 bits per heavy atom. The standard InChI is InChI=1S/C21H21N3O2S/c1-13-7-3-4-8-15(13)11-26-17-10-6-5-9-16(17)20-19-14(2)23-24-21(19)22-18(25)12-27-20/h3-10,20H,11-12H2,1-2H3,(H2,22,23,24,25)/t20-/m1/s1. The van der Waals surface area contributed by atoms with Gasteiger partial charge in [0.15, 0.2) is 5.82 Å². The van der Waals surface area contributed by atoms with Gasteiger partial charge >= 0.3 is 0 Å². The van der Waals surface area contributed by atoms with Gasteiger partial charge in [0.1, 0.15) is 12.4 Å². The average Bonchev–Trinajstić information content (AvgIpc) is 2.93. The molecular formula is C21H21N3O2S. The average molecular weight is 379 g/mol. The van der Waals surface area contributed by atoms with Crippen LogP contribution >= 0.6 is 11.8 Å². The van der Waals surface area contributed by atoms with E-state index in [1.807, 2.05) is 37.3 Å². The van der Waals surface area contributed by atoms with Crippen LogP contribution in [0.4, 0.5) is 5.82 Å². The molecule has 0 aliphatic carbocycles. The highest BCUT2D eigenvalue weighted by atomic mass is 32.2. The summed E-state index contributed by atoms with van der Waals surface area (Å²) in [6.07, 6.45) is 0. The Hall–Kier alpha value is -2.73. The second-order valence-electron chi connectivity index (χ2n) is 6.60. The number of aromatic amines is 1. The van der Waals surface area contributed by atoms with Crippen molar-refractivity contribution in [2.24, 2.45) is 0 Å². The number of para-hydroxylation sites is 1. The molecule has 0 spiro atoms. The molecule has 1 aromatic heterocycles. The molecule has 0 unspecified atom stereocenters. The number of aryl methyl sites for hydroxylation is 2. The van der Waals surface area contributed by atoms with E-state index in [4.69, 9.17) is 4.74 Å². The van der Waals surface area contributed by atoms with Gasteiger partial charge in [0, 0.05) is 16.8 Å². The number of nitrogens with one attached hydrogen (secondary N) is 2. The lowest BCUT2D eigenvalue weighted by molar-refractivity contribution is -0.113. The molecule has 1 aliphatic rings. The first-order chi connectivity index (χ1) is 13.1. The molecule has 5 nitrogen and oxygen atoms in total. The summed E-state index contributed by atoms with van der Waals surface area (Å²) in [6.45, 7) is 4.58. The number of aromatic nitrogens is 2. The van der Waals surface area contributed by atoms with Gasteiger partial charge in [-0.2, -0.15) is 5.10 Å². The van der Waals surface area contributed by atoms with E-state index in [9.17, 15) is 4.79 Å². The maximum atomic E-state index is 12.0. The second kappa shape index (κ2) is 7.48. The fourth-order valence-electron chi connectivity index (χ4n) is 3.27. The fourth-order valence-corrected chi connectivity index (χ4v) is 4.49. The van der Waals surface area contributed by atoms with Gasteiger partial charge in [-0.05, 0) is 31.0 Å². The van der Waals surface area contributed by atoms with Crippen molar-refractivity contribution in [1.82, 2.24) is 10.2 Å². The predicted molar refractivity (Wildman–Crippen MR) is 108 cm³/mol. The largest absolute Gasteiger partial charge is 0.489 e. The number of carbonyl (C=O) groups excluding carboxylic acids is 1. The number of H-pyrrole nitrogens is 1. The number of hydrogen-bond donors (Lipinski definition) is 2. The molecule has 27 heavy (non-hydrogen) atoms. The maximum Gasteiger partial charge on any atom is 0.235 e. The van der Waals surface area contributed by atoms with Gasteiger partial charge in [-0.25, -0.2) is 0 Å². The lowest BCUT2D eigenvalue weighted by Crippen LogP contribution is -2.12. The molecule has 2 N–H and O–H groups in total. The van der Waals surface area contributed by atoms with Crippen LogP contribution in [0, 0.1) is 13.8 Å². The molecule has 138 valence electrons. The minimum Gasteiger partial charge on any atom is -0.489 e. The smallest absolute Gasteiger partial charge is 0.235 e. The van der Waals surface area contributed by atoms with Crippen molar-refractivity contribution in [2.45, 2.75) is 25.7 Å². The van der Waals surface area contributed by atoms with Crippen molar-refractivity contribution in [3.8, 4) is 5.75 Å². The van der Waals surface area contributed by atoms with Crippen molar-refractivity contribution in [1.29, 1.82) is 0 Å². The topological polar surface area (TPSA) is 67.0 Å². The first kappa shape index (κ1) is 17.7. The first-order valence-corrected chi connectivity index (χ1v) is 9.91. The van der Waals surface area contributed by atoms with E-state index in [0.29, 0.717) is 18.2 Å². The monoisotopic (exact) mass is 379 g/mol. The van der Waals surface area contributed by atoms with Gasteiger partial charge in [-0.15, -0.1) is 11.8 Å². The molecule has 0 saturated heterocycles. The minimum atomic E-state index is -0.0337. The molecule has 2 aromatic carbocycles. The summed E-state index contributed by atoms with van der Waals surface area (Å²) in [7, 11) is 0. The zero-order valence-electron chi connectivity index (χ0n) is 15.3. The van der Waals surface area contributed by atoms with Crippen LogP contribution in [-0.2, 0) is 11.4 Å². The molecule has 1 atom stereocenters. The van der Waals surface area contributed by atoms with Crippen LogP contribution < -0.4 is 10.1 Å². The van der Waals surface area contributed by atoms with Crippen LogP contribution in [0.5, 0.6) is 5.75 Å². The highest BCUT2D eigenvalue weighted by Gasteiger charge is 2.30. The van der Waals surface area contributed by atoms with E-state index < -0.39 is 0 Å². The van der Waals surface area contributed by atoms with E-state index >= 15 is 0 Å². The van der Waals surface area contributed by atoms with Crippen LogP contribution in [0.15, 0.2) is 48.5 Å². The van der Waals surface area contributed by atoms with Gasteiger partial charge < -0.3 is 10.1 Å². The van der Waals surface area contributed by atoms with Gasteiger partial charge in [-0.3, -0.25) is 9.89 Å². The van der Waals surface area contributed by atoms with Crippen LogP contribution in [0.1, 0.15) is 33.2 Å².